The van der Waals surface area contributed by atoms with E-state index in [9.17, 15) is 22.8 Å². The summed E-state index contributed by atoms with van der Waals surface area (Å²) >= 11 is 0. The summed E-state index contributed by atoms with van der Waals surface area (Å²) in [4.78, 5) is 27.4. The minimum atomic E-state index is -5.15. The van der Waals surface area contributed by atoms with Crippen LogP contribution in [0, 0.1) is 6.92 Å². The highest BCUT2D eigenvalue weighted by Crippen LogP contribution is 2.48. The molecule has 3 aromatic rings. The molecular formula is C29H25F3N2O3. The smallest absolute Gasteiger partial charge is 0.471 e. The van der Waals surface area contributed by atoms with Gasteiger partial charge in [0.25, 0.3) is 0 Å². The molecule has 0 bridgehead atoms. The number of hydrogen-bond donors (Lipinski definition) is 1. The maximum Gasteiger partial charge on any atom is 0.471 e. The normalized spacial score (nSPS) is 19.5. The quantitative estimate of drug-likeness (QED) is 0.443. The van der Waals surface area contributed by atoms with Crippen molar-refractivity contribution in [2.24, 2.45) is 0 Å². The highest BCUT2D eigenvalue weighted by atomic mass is 19.4. The molecule has 190 valence electrons. The fourth-order valence-electron chi connectivity index (χ4n) is 5.13. The number of nitrogens with one attached hydrogen (secondary N) is 1. The van der Waals surface area contributed by atoms with Gasteiger partial charge in [0.15, 0.2) is 5.78 Å². The number of methoxy groups -OCH3 is 1. The summed E-state index contributed by atoms with van der Waals surface area (Å²) in [5.74, 6) is -1.97. The van der Waals surface area contributed by atoms with E-state index in [0.29, 0.717) is 34.0 Å². The van der Waals surface area contributed by atoms with Crippen LogP contribution < -0.4 is 15.0 Å². The molecule has 2 atom stereocenters. The second kappa shape index (κ2) is 9.42. The van der Waals surface area contributed by atoms with Gasteiger partial charge in [-0.1, -0.05) is 54.1 Å². The first-order valence-electron chi connectivity index (χ1n) is 11.9. The molecule has 8 heteroatoms. The van der Waals surface area contributed by atoms with Crippen molar-refractivity contribution in [2.45, 2.75) is 37.9 Å². The second-order valence-corrected chi connectivity index (χ2v) is 9.32. The Balaban J connectivity index is 1.71. The second-order valence-electron chi connectivity index (χ2n) is 9.32. The highest BCUT2D eigenvalue weighted by molar-refractivity contribution is 6.07. The lowest BCUT2D eigenvalue weighted by molar-refractivity contribution is -0.170. The molecule has 1 amide bonds. The molecule has 5 nitrogen and oxygen atoms in total. The van der Waals surface area contributed by atoms with E-state index in [4.69, 9.17) is 4.74 Å². The topological polar surface area (TPSA) is 58.6 Å². The van der Waals surface area contributed by atoms with Crippen LogP contribution in [0.4, 0.5) is 24.5 Å². The number of para-hydroxylation sites is 2. The average Bonchev–Trinajstić information content (AvgIpc) is 3.02. The zero-order valence-electron chi connectivity index (χ0n) is 20.3. The van der Waals surface area contributed by atoms with E-state index in [1.54, 1.807) is 42.5 Å². The van der Waals surface area contributed by atoms with Crippen LogP contribution in [0.15, 0.2) is 84.1 Å². The van der Waals surface area contributed by atoms with Crippen LogP contribution in [0.5, 0.6) is 5.75 Å². The Hall–Kier alpha value is -4.07. The largest absolute Gasteiger partial charge is 0.497 e. The molecule has 37 heavy (non-hydrogen) atoms. The predicted octanol–water partition coefficient (Wildman–Crippen LogP) is 6.47. The van der Waals surface area contributed by atoms with E-state index in [1.807, 2.05) is 31.2 Å². The van der Waals surface area contributed by atoms with Crippen molar-refractivity contribution in [3.63, 3.8) is 0 Å². The molecule has 3 aromatic carbocycles. The number of aryl methyl sites for hydroxylation is 1. The highest BCUT2D eigenvalue weighted by Gasteiger charge is 2.49. The van der Waals surface area contributed by atoms with Crippen molar-refractivity contribution in [1.82, 2.24) is 0 Å². The van der Waals surface area contributed by atoms with Crippen molar-refractivity contribution in [3.05, 3.63) is 101 Å². The molecule has 0 saturated heterocycles. The molecule has 2 aliphatic rings. The van der Waals surface area contributed by atoms with Gasteiger partial charge in [-0.05, 0) is 54.7 Å². The number of anilines is 2. The lowest BCUT2D eigenvalue weighted by atomic mass is 9.78. The third-order valence-corrected chi connectivity index (χ3v) is 6.93. The van der Waals surface area contributed by atoms with Crippen LogP contribution in [0.3, 0.4) is 0 Å². The van der Waals surface area contributed by atoms with Crippen molar-refractivity contribution in [2.75, 3.05) is 17.3 Å². The van der Waals surface area contributed by atoms with Gasteiger partial charge in [-0.15, -0.1) is 0 Å². The number of benzene rings is 3. The number of allylic oxidation sites excluding steroid dienone is 1. The SMILES string of the molecule is COc1ccc([C@@H]2C3=C(C[C@@H](c4ccc(C)cc4)CC3=O)Nc3ccccc3N2C(=O)C(F)(F)F)cc1. The molecule has 0 saturated carbocycles. The van der Waals surface area contributed by atoms with Gasteiger partial charge in [-0.25, -0.2) is 0 Å². The minimum absolute atomic E-state index is 0.0553. The predicted molar refractivity (Wildman–Crippen MR) is 135 cm³/mol. The first-order valence-corrected chi connectivity index (χ1v) is 11.9. The van der Waals surface area contributed by atoms with Crippen LogP contribution in [-0.2, 0) is 9.59 Å². The maximum absolute atomic E-state index is 14.0. The minimum Gasteiger partial charge on any atom is -0.497 e. The molecular weight excluding hydrogens is 481 g/mol. The van der Waals surface area contributed by atoms with Crippen LogP contribution in [0.2, 0.25) is 0 Å². The van der Waals surface area contributed by atoms with Crippen molar-refractivity contribution in [1.29, 1.82) is 0 Å². The zero-order chi connectivity index (χ0) is 26.3. The van der Waals surface area contributed by atoms with Gasteiger partial charge in [0.1, 0.15) is 5.75 Å². The fraction of sp³-hybridized carbons (Fsp3) is 0.241. The number of amides is 1. The molecule has 5 rings (SSSR count). The summed E-state index contributed by atoms with van der Waals surface area (Å²) < 4.78 is 47.1. The molecule has 1 aliphatic heterocycles. The number of Topliss-reactive ketones (excluding diaryl/α,β-unsaturated/α-hetero) is 1. The summed E-state index contributed by atoms with van der Waals surface area (Å²) in [6.07, 6.45) is -4.61. The molecule has 0 spiro atoms. The van der Waals surface area contributed by atoms with E-state index < -0.39 is 18.1 Å². The van der Waals surface area contributed by atoms with Gasteiger partial charge >= 0.3 is 12.1 Å². The van der Waals surface area contributed by atoms with Gasteiger partial charge < -0.3 is 10.1 Å². The van der Waals surface area contributed by atoms with Crippen LogP contribution in [0.25, 0.3) is 0 Å². The third kappa shape index (κ3) is 4.59. The van der Waals surface area contributed by atoms with Crippen molar-refractivity contribution >= 4 is 23.1 Å². The van der Waals surface area contributed by atoms with E-state index in [-0.39, 0.29) is 29.4 Å². The van der Waals surface area contributed by atoms with E-state index in [0.717, 1.165) is 11.1 Å². The summed E-state index contributed by atoms with van der Waals surface area (Å²) in [6.45, 7) is 1.98. The third-order valence-electron chi connectivity index (χ3n) is 6.93. The monoisotopic (exact) mass is 506 g/mol. The number of nitrogens with zero attached hydrogens (tertiary/aromatic N) is 1. The standard InChI is InChI=1S/C29H25F3N2O3/c1-17-7-9-18(10-8-17)20-15-23-26(25(35)16-20)27(19-11-13-21(37-2)14-12-19)34(28(36)29(30,31)32)24-6-4-3-5-22(24)33-23/h3-14,20,27,33H,15-16H2,1-2H3/t20-,27-/m1/s1. The first-order chi connectivity index (χ1) is 17.7. The lowest BCUT2D eigenvalue weighted by Crippen LogP contribution is -2.45. The number of hydrogen-bond acceptors (Lipinski definition) is 4. The molecule has 0 radical (unpaired) electrons. The number of ketones is 1. The average molecular weight is 507 g/mol. The Bertz CT molecular complexity index is 1380. The van der Waals surface area contributed by atoms with Gasteiger partial charge in [-0.2, -0.15) is 13.2 Å². The van der Waals surface area contributed by atoms with E-state index >= 15 is 0 Å². The number of carbonyl (C=O) groups is 2. The van der Waals surface area contributed by atoms with Crippen molar-refractivity contribution in [3.8, 4) is 5.75 Å². The van der Waals surface area contributed by atoms with Gasteiger partial charge in [0.05, 0.1) is 24.5 Å². The van der Waals surface area contributed by atoms with Gasteiger partial charge in [0, 0.05) is 17.7 Å². The Kier molecular flexibility index (Phi) is 6.27. The number of halogens is 3. The molecule has 0 aromatic heterocycles. The Morgan fingerprint density at radius 1 is 0.946 bits per heavy atom. The molecule has 1 heterocycles. The lowest BCUT2D eigenvalue weighted by Gasteiger charge is -2.35. The number of fused-ring (bicyclic) bond motifs is 1. The Morgan fingerprint density at radius 3 is 2.24 bits per heavy atom. The first kappa shape index (κ1) is 24.6. The molecule has 0 fully saturated rings. The zero-order valence-corrected chi connectivity index (χ0v) is 20.3. The van der Waals surface area contributed by atoms with Crippen LogP contribution >= 0.6 is 0 Å². The summed E-state index contributed by atoms with van der Waals surface area (Å²) in [6, 6.07) is 19.4. The number of rotatable bonds is 3. The van der Waals surface area contributed by atoms with Crippen LogP contribution in [-0.4, -0.2) is 25.0 Å². The van der Waals surface area contributed by atoms with E-state index in [2.05, 4.69) is 5.32 Å². The van der Waals surface area contributed by atoms with Crippen molar-refractivity contribution < 1.29 is 27.5 Å². The fourth-order valence-corrected chi connectivity index (χ4v) is 5.13. The Labute approximate surface area is 212 Å². The summed E-state index contributed by atoms with van der Waals surface area (Å²) in [5, 5.41) is 3.23. The maximum atomic E-state index is 14.0. The van der Waals surface area contributed by atoms with Gasteiger partial charge in [0.2, 0.25) is 0 Å². The molecule has 1 aliphatic carbocycles. The van der Waals surface area contributed by atoms with Gasteiger partial charge in [-0.3, -0.25) is 14.5 Å². The summed E-state index contributed by atoms with van der Waals surface area (Å²) in [7, 11) is 1.48. The number of alkyl halides is 3. The molecule has 1 N–H and O–H groups in total. The Morgan fingerprint density at radius 2 is 1.59 bits per heavy atom. The van der Waals surface area contributed by atoms with Crippen LogP contribution in [0.1, 0.15) is 41.5 Å². The summed E-state index contributed by atoms with van der Waals surface area (Å²) in [5.41, 5.74) is 3.53. The number of ether oxygens (including phenoxy) is 1. The number of carbonyl (C=O) groups excluding carboxylic acids is 2. The van der Waals surface area contributed by atoms with E-state index in [1.165, 1.54) is 13.2 Å². The molecule has 0 unspecified atom stereocenters.